The van der Waals surface area contributed by atoms with Crippen LogP contribution >= 0.6 is 0 Å². The molecule has 2 fully saturated rings. The second-order valence-electron chi connectivity index (χ2n) is 6.76. The summed E-state index contributed by atoms with van der Waals surface area (Å²) in [7, 11) is 0. The molecule has 2 aliphatic rings. The van der Waals surface area contributed by atoms with Crippen LogP contribution in [-0.2, 0) is 9.53 Å². The Balaban J connectivity index is 1.55. The van der Waals surface area contributed by atoms with Crippen molar-refractivity contribution in [3.8, 4) is 0 Å². The zero-order valence-corrected chi connectivity index (χ0v) is 14.5. The van der Waals surface area contributed by atoms with Gasteiger partial charge in [-0.3, -0.25) is 9.69 Å². The molecular formula is C18H25F2N3O2. The minimum atomic E-state index is -0.573. The van der Waals surface area contributed by atoms with Gasteiger partial charge in [-0.1, -0.05) is 6.07 Å². The van der Waals surface area contributed by atoms with Gasteiger partial charge in [0.2, 0.25) is 0 Å². The molecule has 0 bridgehead atoms. The number of ether oxygens (including phenoxy) is 1. The molecule has 7 heteroatoms. The van der Waals surface area contributed by atoms with E-state index in [1.807, 2.05) is 11.8 Å². The summed E-state index contributed by atoms with van der Waals surface area (Å²) >= 11 is 0. The number of hydrogen-bond acceptors (Lipinski definition) is 4. The Morgan fingerprint density at radius 3 is 2.60 bits per heavy atom. The number of nitrogens with two attached hydrogens (primary N) is 1. The molecular weight excluding hydrogens is 328 g/mol. The van der Waals surface area contributed by atoms with Gasteiger partial charge in [-0.25, -0.2) is 8.78 Å². The summed E-state index contributed by atoms with van der Waals surface area (Å²) in [5.41, 5.74) is 6.07. The third-order valence-electron chi connectivity index (χ3n) is 5.23. The van der Waals surface area contributed by atoms with Crippen LogP contribution in [0.3, 0.4) is 0 Å². The first kappa shape index (κ1) is 18.2. The van der Waals surface area contributed by atoms with Crippen molar-refractivity contribution < 1.29 is 18.3 Å². The fraction of sp³-hybridized carbons (Fsp3) is 0.611. The number of piperazine rings is 1. The highest BCUT2D eigenvalue weighted by atomic mass is 19.1. The topological polar surface area (TPSA) is 58.8 Å². The van der Waals surface area contributed by atoms with Crippen molar-refractivity contribution in [2.45, 2.75) is 38.0 Å². The first-order chi connectivity index (χ1) is 12.0. The molecule has 2 heterocycles. The maximum Gasteiger partial charge on any atom is 0.251 e. The Morgan fingerprint density at radius 1 is 1.28 bits per heavy atom. The predicted octanol–water partition coefficient (Wildman–Crippen LogP) is 1.68. The lowest BCUT2D eigenvalue weighted by Crippen LogP contribution is -2.52. The number of rotatable bonds is 4. The van der Waals surface area contributed by atoms with Crippen molar-refractivity contribution in [3.05, 3.63) is 35.4 Å². The molecule has 0 saturated carbocycles. The zero-order valence-electron chi connectivity index (χ0n) is 14.5. The maximum atomic E-state index is 14.0. The second kappa shape index (κ2) is 7.76. The highest BCUT2D eigenvalue weighted by Gasteiger charge is 2.34. The number of amides is 1. The molecule has 5 nitrogen and oxygen atoms in total. The predicted molar refractivity (Wildman–Crippen MR) is 89.9 cm³/mol. The number of nitrogens with zero attached hydrogens (tertiary/aromatic N) is 2. The van der Waals surface area contributed by atoms with Crippen LogP contribution in [0.2, 0.25) is 0 Å². The molecule has 1 aromatic carbocycles. The molecule has 1 unspecified atom stereocenters. The molecule has 2 saturated heterocycles. The van der Waals surface area contributed by atoms with Gasteiger partial charge in [-0.2, -0.15) is 0 Å². The third kappa shape index (κ3) is 3.99. The highest BCUT2D eigenvalue weighted by Crippen LogP contribution is 2.26. The van der Waals surface area contributed by atoms with Crippen molar-refractivity contribution in [1.29, 1.82) is 0 Å². The van der Waals surface area contributed by atoms with Crippen LogP contribution in [-0.4, -0.2) is 60.6 Å². The average molecular weight is 353 g/mol. The van der Waals surface area contributed by atoms with Crippen molar-refractivity contribution in [2.24, 2.45) is 5.73 Å². The van der Waals surface area contributed by atoms with Crippen LogP contribution in [0.1, 0.15) is 31.4 Å². The molecule has 25 heavy (non-hydrogen) atoms. The van der Waals surface area contributed by atoms with E-state index in [0.717, 1.165) is 18.9 Å². The van der Waals surface area contributed by atoms with E-state index in [1.54, 1.807) is 0 Å². The summed E-state index contributed by atoms with van der Waals surface area (Å²) < 4.78 is 32.7. The molecule has 0 aromatic heterocycles. The van der Waals surface area contributed by atoms with Crippen molar-refractivity contribution in [2.75, 3.05) is 32.7 Å². The molecule has 3 rings (SSSR count). The minimum Gasteiger partial charge on any atom is -0.364 e. The summed E-state index contributed by atoms with van der Waals surface area (Å²) in [5.74, 6) is -1.08. The van der Waals surface area contributed by atoms with E-state index in [2.05, 4.69) is 4.90 Å². The molecule has 0 radical (unpaired) electrons. The van der Waals surface area contributed by atoms with E-state index < -0.39 is 11.6 Å². The smallest absolute Gasteiger partial charge is 0.251 e. The van der Waals surface area contributed by atoms with E-state index in [-0.39, 0.29) is 24.2 Å². The Morgan fingerprint density at radius 2 is 2.00 bits per heavy atom. The Bertz CT molecular complexity index is 620. The zero-order chi connectivity index (χ0) is 18.0. The van der Waals surface area contributed by atoms with Crippen molar-refractivity contribution in [3.63, 3.8) is 0 Å². The first-order valence-corrected chi connectivity index (χ1v) is 8.83. The van der Waals surface area contributed by atoms with Crippen LogP contribution in [0.5, 0.6) is 0 Å². The minimum absolute atomic E-state index is 0.0169. The van der Waals surface area contributed by atoms with Crippen LogP contribution in [0.15, 0.2) is 18.2 Å². The molecule has 0 aliphatic carbocycles. The van der Waals surface area contributed by atoms with E-state index in [1.165, 1.54) is 12.1 Å². The normalized spacial score (nSPS) is 26.0. The third-order valence-corrected chi connectivity index (χ3v) is 5.23. The Labute approximate surface area is 146 Å². The van der Waals surface area contributed by atoms with Crippen LogP contribution in [0.25, 0.3) is 0 Å². The lowest BCUT2D eigenvalue weighted by Gasteiger charge is -2.39. The largest absolute Gasteiger partial charge is 0.364 e. The maximum absolute atomic E-state index is 14.0. The van der Waals surface area contributed by atoms with Gasteiger partial charge < -0.3 is 15.4 Å². The number of carbonyl (C=O) groups excluding carboxylic acids is 1. The van der Waals surface area contributed by atoms with E-state index in [0.29, 0.717) is 38.3 Å². The van der Waals surface area contributed by atoms with Crippen LogP contribution in [0.4, 0.5) is 8.78 Å². The lowest BCUT2D eigenvalue weighted by molar-refractivity contribution is -0.144. The number of halogens is 2. The molecule has 3 atom stereocenters. The van der Waals surface area contributed by atoms with Crippen LogP contribution < -0.4 is 5.73 Å². The first-order valence-electron chi connectivity index (χ1n) is 8.83. The molecule has 0 spiro atoms. The second-order valence-corrected chi connectivity index (χ2v) is 6.76. The van der Waals surface area contributed by atoms with Crippen molar-refractivity contribution in [1.82, 2.24) is 9.80 Å². The summed E-state index contributed by atoms with van der Waals surface area (Å²) in [6.45, 7) is 4.81. The van der Waals surface area contributed by atoms with E-state index in [4.69, 9.17) is 10.5 Å². The summed E-state index contributed by atoms with van der Waals surface area (Å²) in [6, 6.07) is 3.52. The van der Waals surface area contributed by atoms with Gasteiger partial charge >= 0.3 is 0 Å². The Kier molecular flexibility index (Phi) is 5.66. The molecule has 2 aliphatic heterocycles. The van der Waals surface area contributed by atoms with Gasteiger partial charge in [0.25, 0.3) is 5.91 Å². The standard InChI is InChI=1S/C18H25F2N3O2/c1-12(15-4-2-13(19)10-16(15)20)22-6-8-23(9-7-22)18(24)17-5-3-14(11-21)25-17/h2,4,10,12,14,17H,3,5-9,11,21H2,1H3/t12?,14-,17+/m1/s1. The summed E-state index contributed by atoms with van der Waals surface area (Å²) in [5, 5.41) is 0. The average Bonchev–Trinajstić information content (AvgIpc) is 3.10. The Hall–Kier alpha value is -1.57. The van der Waals surface area contributed by atoms with Gasteiger partial charge in [0.05, 0.1) is 6.10 Å². The van der Waals surface area contributed by atoms with Crippen molar-refractivity contribution >= 4 is 5.91 Å². The van der Waals surface area contributed by atoms with Gasteiger partial charge in [-0.05, 0) is 25.8 Å². The monoisotopic (exact) mass is 353 g/mol. The van der Waals surface area contributed by atoms with Gasteiger partial charge in [0.1, 0.15) is 17.7 Å². The highest BCUT2D eigenvalue weighted by molar-refractivity contribution is 5.81. The van der Waals surface area contributed by atoms with Gasteiger partial charge in [-0.15, -0.1) is 0 Å². The molecule has 138 valence electrons. The van der Waals surface area contributed by atoms with Gasteiger partial charge in [0, 0.05) is 50.4 Å². The fourth-order valence-corrected chi connectivity index (χ4v) is 3.63. The number of benzene rings is 1. The van der Waals surface area contributed by atoms with Gasteiger partial charge in [0.15, 0.2) is 0 Å². The summed E-state index contributed by atoms with van der Waals surface area (Å²) in [4.78, 5) is 16.5. The summed E-state index contributed by atoms with van der Waals surface area (Å²) in [6.07, 6.45) is 1.15. The fourth-order valence-electron chi connectivity index (χ4n) is 3.63. The number of hydrogen-bond donors (Lipinski definition) is 1. The quantitative estimate of drug-likeness (QED) is 0.895. The van der Waals surface area contributed by atoms with Crippen LogP contribution in [0, 0.1) is 11.6 Å². The SMILES string of the molecule is CC(c1ccc(F)cc1F)N1CCN(C(=O)[C@@H]2CC[C@H](CN)O2)CC1. The molecule has 1 amide bonds. The molecule has 2 N–H and O–H groups in total. The lowest BCUT2D eigenvalue weighted by atomic mass is 10.0. The molecule has 1 aromatic rings. The van der Waals surface area contributed by atoms with E-state index >= 15 is 0 Å². The number of carbonyl (C=O) groups is 1. The van der Waals surface area contributed by atoms with E-state index in [9.17, 15) is 13.6 Å².